The zero-order chi connectivity index (χ0) is 29.9. The van der Waals surface area contributed by atoms with Crippen LogP contribution < -0.4 is 9.47 Å². The molecule has 0 saturated carbocycles. The van der Waals surface area contributed by atoms with Crippen LogP contribution in [0, 0.1) is 13.8 Å². The van der Waals surface area contributed by atoms with E-state index in [0.717, 1.165) is 22.3 Å². The highest BCUT2D eigenvalue weighted by Crippen LogP contribution is 2.53. The summed E-state index contributed by atoms with van der Waals surface area (Å²) in [5.74, 6) is 0.246. The summed E-state index contributed by atoms with van der Waals surface area (Å²) < 4.78 is 28.2. The maximum absolute atomic E-state index is 13.2. The lowest BCUT2D eigenvalue weighted by molar-refractivity contribution is 0.0191. The molecule has 0 bridgehead atoms. The van der Waals surface area contributed by atoms with Gasteiger partial charge in [-0.3, -0.25) is 0 Å². The number of esters is 1. The molecule has 5 rings (SSSR count). The van der Waals surface area contributed by atoms with Crippen LogP contribution in [0.2, 0.25) is 0 Å². The van der Waals surface area contributed by atoms with E-state index in [2.05, 4.69) is 0 Å². The summed E-state index contributed by atoms with van der Waals surface area (Å²) in [6.07, 6.45) is -1.22. The molecular weight excluding hydrogens is 524 g/mol. The van der Waals surface area contributed by atoms with E-state index in [4.69, 9.17) is 23.7 Å². The van der Waals surface area contributed by atoms with Crippen molar-refractivity contribution >= 4 is 18.3 Å². The first-order chi connectivity index (χ1) is 19.1. The molecule has 0 aromatic heterocycles. The quantitative estimate of drug-likeness (QED) is 0.184. The van der Waals surface area contributed by atoms with Crippen LogP contribution in [0.1, 0.15) is 90.8 Å². The average molecular weight is 559 g/mol. The van der Waals surface area contributed by atoms with Crippen LogP contribution in [0.3, 0.4) is 0 Å². The van der Waals surface area contributed by atoms with Crippen LogP contribution >= 0.6 is 0 Å². The summed E-state index contributed by atoms with van der Waals surface area (Å²) in [5.41, 5.74) is 3.02. The molecule has 0 radical (unpaired) electrons. The van der Waals surface area contributed by atoms with Gasteiger partial charge in [0.2, 0.25) is 0 Å². The van der Waals surface area contributed by atoms with Crippen LogP contribution in [0.25, 0.3) is 0 Å². The van der Waals surface area contributed by atoms with Crippen LogP contribution in [0.15, 0.2) is 48.5 Å². The Balaban J connectivity index is 1.65. The van der Waals surface area contributed by atoms with Crippen molar-refractivity contribution in [3.8, 4) is 11.5 Å². The molecule has 0 atom stereocenters. The van der Waals surface area contributed by atoms with Gasteiger partial charge in [0.1, 0.15) is 22.7 Å². The lowest BCUT2D eigenvalue weighted by atomic mass is 9.70. The van der Waals surface area contributed by atoms with Gasteiger partial charge in [0.05, 0.1) is 5.56 Å². The van der Waals surface area contributed by atoms with Crippen molar-refractivity contribution in [2.75, 3.05) is 0 Å². The van der Waals surface area contributed by atoms with Crippen molar-refractivity contribution in [1.29, 1.82) is 0 Å². The lowest BCUT2D eigenvalue weighted by Gasteiger charge is -2.38. The highest BCUT2D eigenvalue weighted by molar-refractivity contribution is 5.97. The Labute approximate surface area is 239 Å². The maximum Gasteiger partial charge on any atom is 0.514 e. The molecule has 0 saturated heterocycles. The van der Waals surface area contributed by atoms with Crippen molar-refractivity contribution in [2.45, 2.75) is 78.6 Å². The van der Waals surface area contributed by atoms with Gasteiger partial charge in [0, 0.05) is 16.7 Å². The number of hydrogen-bond acceptors (Lipinski definition) is 8. The smallest absolute Gasteiger partial charge is 0.441 e. The number of carbonyl (C=O) groups excluding carboxylic acids is 3. The lowest BCUT2D eigenvalue weighted by Crippen LogP contribution is -2.35. The van der Waals surface area contributed by atoms with E-state index in [1.54, 1.807) is 65.8 Å². The normalized spacial score (nSPS) is 14.9. The summed E-state index contributed by atoms with van der Waals surface area (Å²) >= 11 is 0. The number of aryl methyl sites for hydroxylation is 2. The van der Waals surface area contributed by atoms with Gasteiger partial charge in [-0.25, -0.2) is 14.4 Å². The molecule has 1 spiro atoms. The van der Waals surface area contributed by atoms with Gasteiger partial charge in [-0.05, 0) is 114 Å². The molecule has 3 aromatic carbocycles. The van der Waals surface area contributed by atoms with E-state index < -0.39 is 35.1 Å². The van der Waals surface area contributed by atoms with Gasteiger partial charge in [-0.15, -0.1) is 0 Å². The maximum atomic E-state index is 13.2. The number of hydrogen-bond donors (Lipinski definition) is 0. The van der Waals surface area contributed by atoms with Gasteiger partial charge in [0.15, 0.2) is 5.60 Å². The van der Waals surface area contributed by atoms with Crippen molar-refractivity contribution in [2.24, 2.45) is 0 Å². The SMILES string of the molecule is Cc1cc2c(cc1OC(=O)OC(C)(C)C)Cc1cc(OC(=O)OC(C)(C)C)c(C)cc1C21OC(=O)c2ccccc21. The molecule has 0 fully saturated rings. The molecule has 2 aliphatic rings. The molecule has 8 heteroatoms. The molecule has 0 amide bonds. The van der Waals surface area contributed by atoms with E-state index in [9.17, 15) is 14.4 Å². The van der Waals surface area contributed by atoms with Crippen molar-refractivity contribution in [3.05, 3.63) is 93.0 Å². The molecule has 1 aliphatic heterocycles. The summed E-state index contributed by atoms with van der Waals surface area (Å²) in [4.78, 5) is 38.3. The first-order valence-electron chi connectivity index (χ1n) is 13.5. The highest BCUT2D eigenvalue weighted by Gasteiger charge is 2.52. The third-order valence-corrected chi connectivity index (χ3v) is 6.88. The Morgan fingerprint density at radius 1 is 0.732 bits per heavy atom. The van der Waals surface area contributed by atoms with Crippen molar-refractivity contribution < 1.29 is 38.1 Å². The monoisotopic (exact) mass is 558 g/mol. The Morgan fingerprint density at radius 2 is 1.20 bits per heavy atom. The fourth-order valence-corrected chi connectivity index (χ4v) is 5.32. The Bertz CT molecular complexity index is 1500. The third kappa shape index (κ3) is 5.26. The zero-order valence-electron chi connectivity index (χ0n) is 24.6. The standard InChI is InChI=1S/C33H34O8/c1-18-13-24-20(16-26(18)37-29(35)40-31(3,4)5)15-21-17-27(38-30(36)41-32(6,7)8)19(2)14-25(21)33(24)23-12-10-9-11-22(23)28(34)39-33/h9-14,16-17H,15H2,1-8H3. The molecular formula is C33H34O8. The molecule has 0 unspecified atom stereocenters. The number of benzene rings is 3. The Morgan fingerprint density at radius 3 is 1.66 bits per heavy atom. The van der Waals surface area contributed by atoms with Gasteiger partial charge in [-0.1, -0.05) is 18.2 Å². The predicted octanol–water partition coefficient (Wildman–Crippen LogP) is 7.30. The summed E-state index contributed by atoms with van der Waals surface area (Å²) in [6, 6.07) is 14.7. The number of carbonyl (C=O) groups is 3. The molecule has 1 heterocycles. The van der Waals surface area contributed by atoms with Gasteiger partial charge in [-0.2, -0.15) is 0 Å². The Hall–Kier alpha value is -4.33. The minimum absolute atomic E-state index is 0.339. The van der Waals surface area contributed by atoms with Crippen LogP contribution in [-0.4, -0.2) is 29.5 Å². The predicted molar refractivity (Wildman–Crippen MR) is 151 cm³/mol. The zero-order valence-corrected chi connectivity index (χ0v) is 24.6. The summed E-state index contributed by atoms with van der Waals surface area (Å²) in [7, 11) is 0. The van der Waals surface area contributed by atoms with Gasteiger partial charge >= 0.3 is 18.3 Å². The van der Waals surface area contributed by atoms with Crippen molar-refractivity contribution in [3.63, 3.8) is 0 Å². The van der Waals surface area contributed by atoms with E-state index in [1.807, 2.05) is 38.1 Å². The average Bonchev–Trinajstić information content (AvgIpc) is 3.12. The fraction of sp³-hybridized carbons (Fsp3) is 0.364. The second-order valence-corrected chi connectivity index (χ2v) is 12.5. The third-order valence-electron chi connectivity index (χ3n) is 6.88. The Kier molecular flexibility index (Phi) is 6.64. The molecule has 1 aliphatic carbocycles. The van der Waals surface area contributed by atoms with Gasteiger partial charge < -0.3 is 23.7 Å². The first-order valence-corrected chi connectivity index (χ1v) is 13.5. The van der Waals surface area contributed by atoms with E-state index >= 15 is 0 Å². The van der Waals surface area contributed by atoms with Gasteiger partial charge in [0.25, 0.3) is 0 Å². The number of ether oxygens (including phenoxy) is 5. The van der Waals surface area contributed by atoms with Crippen LogP contribution in [-0.2, 0) is 26.2 Å². The van der Waals surface area contributed by atoms with Crippen molar-refractivity contribution in [1.82, 2.24) is 0 Å². The fourth-order valence-electron chi connectivity index (χ4n) is 5.32. The van der Waals surface area contributed by atoms with E-state index in [0.29, 0.717) is 40.2 Å². The van der Waals surface area contributed by atoms with Crippen LogP contribution in [0.4, 0.5) is 9.59 Å². The molecule has 214 valence electrons. The summed E-state index contributed by atoms with van der Waals surface area (Å²) in [5, 5.41) is 0. The second-order valence-electron chi connectivity index (χ2n) is 12.5. The summed E-state index contributed by atoms with van der Waals surface area (Å²) in [6.45, 7) is 14.2. The molecule has 8 nitrogen and oxygen atoms in total. The number of rotatable bonds is 2. The topological polar surface area (TPSA) is 97.4 Å². The highest BCUT2D eigenvalue weighted by atomic mass is 16.7. The molecule has 3 aromatic rings. The molecule has 0 N–H and O–H groups in total. The second kappa shape index (κ2) is 9.65. The minimum Gasteiger partial charge on any atom is -0.441 e. The van der Waals surface area contributed by atoms with E-state index in [-0.39, 0.29) is 0 Å². The van der Waals surface area contributed by atoms with E-state index in [1.165, 1.54) is 0 Å². The molecule has 41 heavy (non-hydrogen) atoms. The minimum atomic E-state index is -1.24. The number of fused-ring (bicyclic) bond motifs is 6. The first kappa shape index (κ1) is 28.2. The largest absolute Gasteiger partial charge is 0.514 e. The van der Waals surface area contributed by atoms with Crippen LogP contribution in [0.5, 0.6) is 11.5 Å².